The highest BCUT2D eigenvalue weighted by Crippen LogP contribution is 2.09. The predicted molar refractivity (Wildman–Crippen MR) is 78.9 cm³/mol. The van der Waals surface area contributed by atoms with Crippen LogP contribution in [0.3, 0.4) is 0 Å². The van der Waals surface area contributed by atoms with Crippen LogP contribution < -0.4 is 5.73 Å². The number of amides is 2. The van der Waals surface area contributed by atoms with Crippen molar-refractivity contribution in [2.24, 2.45) is 5.73 Å². The molecule has 0 fully saturated rings. The lowest BCUT2D eigenvalue weighted by molar-refractivity contribution is -0.148. The van der Waals surface area contributed by atoms with Gasteiger partial charge in [-0.2, -0.15) is 0 Å². The van der Waals surface area contributed by atoms with Gasteiger partial charge in [-0.25, -0.2) is 14.5 Å². The third kappa shape index (κ3) is 5.17. The fourth-order valence-corrected chi connectivity index (χ4v) is 1.75. The molecule has 7 heteroatoms. The molecular formula is C15H20N2O5. The van der Waals surface area contributed by atoms with Gasteiger partial charge in [-0.1, -0.05) is 30.3 Å². The van der Waals surface area contributed by atoms with Gasteiger partial charge in [0.15, 0.2) is 0 Å². The number of nitrogens with zero attached hydrogens (tertiary/aromatic N) is 1. The molecule has 0 aliphatic carbocycles. The van der Waals surface area contributed by atoms with Crippen molar-refractivity contribution in [1.29, 1.82) is 0 Å². The molecule has 1 atom stereocenters. The molecule has 0 spiro atoms. The third-order valence-corrected chi connectivity index (χ3v) is 3.01. The molecule has 0 bridgehead atoms. The molecule has 0 aliphatic rings. The second-order valence-electron chi connectivity index (χ2n) is 4.71. The van der Waals surface area contributed by atoms with Crippen LogP contribution in [-0.2, 0) is 20.9 Å². The molecule has 0 saturated carbocycles. The summed E-state index contributed by atoms with van der Waals surface area (Å²) < 4.78 is 5.03. The largest absolute Gasteiger partial charge is 0.480 e. The first-order valence-corrected chi connectivity index (χ1v) is 6.93. The summed E-state index contributed by atoms with van der Waals surface area (Å²) >= 11 is 0. The summed E-state index contributed by atoms with van der Waals surface area (Å²) in [5.74, 6) is -1.89. The lowest BCUT2D eigenvalue weighted by Gasteiger charge is -2.24. The molecule has 7 nitrogen and oxygen atoms in total. The van der Waals surface area contributed by atoms with Crippen molar-refractivity contribution in [3.05, 3.63) is 35.9 Å². The third-order valence-electron chi connectivity index (χ3n) is 3.01. The van der Waals surface area contributed by atoms with E-state index in [0.29, 0.717) is 11.3 Å². The van der Waals surface area contributed by atoms with E-state index < -0.39 is 24.0 Å². The first-order chi connectivity index (χ1) is 10.5. The van der Waals surface area contributed by atoms with E-state index in [9.17, 15) is 14.4 Å². The number of imide groups is 1. The Bertz CT molecular complexity index is 518. The van der Waals surface area contributed by atoms with Crippen LogP contribution >= 0.6 is 0 Å². The van der Waals surface area contributed by atoms with Crippen molar-refractivity contribution in [3.8, 4) is 0 Å². The predicted octanol–water partition coefficient (Wildman–Crippen LogP) is 1.36. The molecular weight excluding hydrogens is 288 g/mol. The number of ether oxygens (including phenoxy) is 1. The maximum Gasteiger partial charge on any atom is 0.417 e. The quantitative estimate of drug-likeness (QED) is 0.787. The van der Waals surface area contributed by atoms with Gasteiger partial charge in [0.05, 0.1) is 0 Å². The monoisotopic (exact) mass is 308 g/mol. The Morgan fingerprint density at radius 2 is 1.91 bits per heavy atom. The summed E-state index contributed by atoms with van der Waals surface area (Å²) in [7, 11) is 0. The highest BCUT2D eigenvalue weighted by atomic mass is 16.6. The van der Waals surface area contributed by atoms with Crippen LogP contribution in [0.25, 0.3) is 0 Å². The molecule has 22 heavy (non-hydrogen) atoms. The minimum absolute atomic E-state index is 0.00540. The summed E-state index contributed by atoms with van der Waals surface area (Å²) in [6, 6.07) is 7.61. The number of hydrogen-bond donors (Lipinski definition) is 2. The van der Waals surface area contributed by atoms with Crippen molar-refractivity contribution >= 4 is 18.0 Å². The lowest BCUT2D eigenvalue weighted by atomic mass is 10.2. The van der Waals surface area contributed by atoms with Crippen LogP contribution in [0.2, 0.25) is 0 Å². The molecule has 0 radical (unpaired) electrons. The Hall–Kier alpha value is -2.41. The number of rotatable bonds is 7. The SMILES string of the molecule is C[C@@H](C(=O)O)N(C(=O)CCCN)C(=O)OCc1ccccc1. The first-order valence-electron chi connectivity index (χ1n) is 6.93. The highest BCUT2D eigenvalue weighted by Gasteiger charge is 2.32. The second kappa shape index (κ2) is 8.78. The fourth-order valence-electron chi connectivity index (χ4n) is 1.75. The van der Waals surface area contributed by atoms with Crippen LogP contribution in [0.1, 0.15) is 25.3 Å². The molecule has 1 aromatic carbocycles. The van der Waals surface area contributed by atoms with Crippen molar-refractivity contribution in [2.75, 3.05) is 6.54 Å². The van der Waals surface area contributed by atoms with Crippen LogP contribution in [0, 0.1) is 0 Å². The molecule has 1 aromatic rings. The summed E-state index contributed by atoms with van der Waals surface area (Å²) in [5, 5.41) is 9.03. The minimum atomic E-state index is -1.30. The van der Waals surface area contributed by atoms with Crippen molar-refractivity contribution < 1.29 is 24.2 Å². The zero-order valence-corrected chi connectivity index (χ0v) is 12.4. The molecule has 2 amide bonds. The van der Waals surface area contributed by atoms with E-state index in [1.54, 1.807) is 24.3 Å². The molecule has 1 rings (SSSR count). The molecule has 0 aromatic heterocycles. The van der Waals surface area contributed by atoms with E-state index in [4.69, 9.17) is 15.6 Å². The molecule has 0 unspecified atom stereocenters. The zero-order valence-electron chi connectivity index (χ0n) is 12.4. The second-order valence-corrected chi connectivity index (χ2v) is 4.71. The van der Waals surface area contributed by atoms with Gasteiger partial charge in [-0.15, -0.1) is 0 Å². The number of hydrogen-bond acceptors (Lipinski definition) is 5. The summed E-state index contributed by atoms with van der Waals surface area (Å²) in [4.78, 5) is 35.8. The fraction of sp³-hybridized carbons (Fsp3) is 0.400. The van der Waals surface area contributed by atoms with Crippen LogP contribution in [-0.4, -0.2) is 40.6 Å². The number of aliphatic carboxylic acids is 1. The average Bonchev–Trinajstić information content (AvgIpc) is 2.51. The molecule has 3 N–H and O–H groups in total. The van der Waals surface area contributed by atoms with Gasteiger partial charge in [0.2, 0.25) is 5.91 Å². The molecule has 0 aliphatic heterocycles. The molecule has 0 heterocycles. The van der Waals surface area contributed by atoms with Gasteiger partial charge >= 0.3 is 12.1 Å². The van der Waals surface area contributed by atoms with Gasteiger partial charge in [-0.05, 0) is 25.5 Å². The van der Waals surface area contributed by atoms with Crippen LogP contribution in [0.15, 0.2) is 30.3 Å². The van der Waals surface area contributed by atoms with Gasteiger partial charge in [0.25, 0.3) is 0 Å². The summed E-state index contributed by atoms with van der Waals surface area (Å²) in [5.41, 5.74) is 6.06. The maximum atomic E-state index is 12.1. The lowest BCUT2D eigenvalue weighted by Crippen LogP contribution is -2.47. The Balaban J connectivity index is 2.74. The highest BCUT2D eigenvalue weighted by molar-refractivity contribution is 5.96. The Labute approximate surface area is 128 Å². The van der Waals surface area contributed by atoms with Gasteiger partial charge in [0.1, 0.15) is 12.6 Å². The normalized spacial score (nSPS) is 11.5. The van der Waals surface area contributed by atoms with E-state index in [1.165, 1.54) is 6.92 Å². The molecule has 0 saturated heterocycles. The average molecular weight is 308 g/mol. The number of carboxylic acids is 1. The topological polar surface area (TPSA) is 110 Å². The maximum absolute atomic E-state index is 12.1. The first kappa shape index (κ1) is 17.6. The van der Waals surface area contributed by atoms with Crippen molar-refractivity contribution in [3.63, 3.8) is 0 Å². The van der Waals surface area contributed by atoms with E-state index in [2.05, 4.69) is 0 Å². The number of carboxylic acid groups (broad SMARTS) is 1. The summed E-state index contributed by atoms with van der Waals surface area (Å²) in [6.07, 6.45) is -0.608. The van der Waals surface area contributed by atoms with Gasteiger partial charge in [0, 0.05) is 6.42 Å². The number of benzene rings is 1. The Morgan fingerprint density at radius 3 is 2.45 bits per heavy atom. The number of nitrogens with two attached hydrogens (primary N) is 1. The van der Waals surface area contributed by atoms with Gasteiger partial charge in [-0.3, -0.25) is 4.79 Å². The minimum Gasteiger partial charge on any atom is -0.480 e. The molecule has 120 valence electrons. The number of carbonyl (C=O) groups is 3. The smallest absolute Gasteiger partial charge is 0.417 e. The zero-order chi connectivity index (χ0) is 16.5. The van der Waals surface area contributed by atoms with Gasteiger partial charge < -0.3 is 15.6 Å². The Morgan fingerprint density at radius 1 is 1.27 bits per heavy atom. The van der Waals surface area contributed by atoms with E-state index in [-0.39, 0.29) is 19.6 Å². The Kier molecular flexibility index (Phi) is 7.04. The van der Waals surface area contributed by atoms with E-state index in [0.717, 1.165) is 5.56 Å². The number of carbonyl (C=O) groups excluding carboxylic acids is 2. The van der Waals surface area contributed by atoms with Crippen molar-refractivity contribution in [2.45, 2.75) is 32.4 Å². The standard InChI is InChI=1S/C15H20N2O5/c1-11(14(19)20)17(13(18)8-5-9-16)15(21)22-10-12-6-3-2-4-7-12/h2-4,6-7,11H,5,8-10,16H2,1H3,(H,19,20)/t11-/m0/s1. The van der Waals surface area contributed by atoms with Crippen LogP contribution in [0.5, 0.6) is 0 Å². The van der Waals surface area contributed by atoms with Crippen LogP contribution in [0.4, 0.5) is 4.79 Å². The van der Waals surface area contributed by atoms with Crippen molar-refractivity contribution in [1.82, 2.24) is 4.90 Å². The van der Waals surface area contributed by atoms with E-state index in [1.807, 2.05) is 6.07 Å². The van der Waals surface area contributed by atoms with E-state index >= 15 is 0 Å². The summed E-state index contributed by atoms with van der Waals surface area (Å²) in [6.45, 7) is 1.50.